The van der Waals surface area contributed by atoms with Gasteiger partial charge < -0.3 is 9.84 Å². The molecule has 0 saturated heterocycles. The molecule has 0 radical (unpaired) electrons. The van der Waals surface area contributed by atoms with E-state index in [9.17, 15) is 5.11 Å². The molecular formula is C16H21ClN2O2. The Morgan fingerprint density at radius 3 is 2.71 bits per heavy atom. The number of aryl methyl sites for hydroxylation is 2. The van der Waals surface area contributed by atoms with Crippen LogP contribution in [0.1, 0.15) is 43.3 Å². The molecule has 1 aromatic carbocycles. The monoisotopic (exact) mass is 308 g/mol. The Morgan fingerprint density at radius 2 is 2.05 bits per heavy atom. The predicted octanol–water partition coefficient (Wildman–Crippen LogP) is 3.89. The van der Waals surface area contributed by atoms with E-state index in [1.165, 1.54) is 0 Å². The van der Waals surface area contributed by atoms with Crippen molar-refractivity contribution in [1.82, 2.24) is 9.78 Å². The molecule has 114 valence electrons. The first kappa shape index (κ1) is 15.9. The molecule has 0 fully saturated rings. The second kappa shape index (κ2) is 6.96. The molecule has 0 aliphatic rings. The van der Waals surface area contributed by atoms with Crippen LogP contribution in [0.2, 0.25) is 5.02 Å². The van der Waals surface area contributed by atoms with E-state index in [2.05, 4.69) is 5.10 Å². The molecule has 0 spiro atoms. The molecule has 0 saturated carbocycles. The van der Waals surface area contributed by atoms with Gasteiger partial charge in [0.1, 0.15) is 12.4 Å². The zero-order valence-corrected chi connectivity index (χ0v) is 13.4. The third-order valence-electron chi connectivity index (χ3n) is 3.48. The SMILES string of the molecule is CCC(O)c1ccccc1OCc1c(Cl)c(C)nn1CC. The van der Waals surface area contributed by atoms with Gasteiger partial charge >= 0.3 is 0 Å². The fraction of sp³-hybridized carbons (Fsp3) is 0.438. The number of para-hydroxylation sites is 1. The fourth-order valence-electron chi connectivity index (χ4n) is 2.26. The summed E-state index contributed by atoms with van der Waals surface area (Å²) in [7, 11) is 0. The predicted molar refractivity (Wildman–Crippen MR) is 83.7 cm³/mol. The molecular weight excluding hydrogens is 288 g/mol. The lowest BCUT2D eigenvalue weighted by Crippen LogP contribution is -2.08. The van der Waals surface area contributed by atoms with Crippen LogP contribution in [-0.2, 0) is 13.2 Å². The maximum Gasteiger partial charge on any atom is 0.131 e. The lowest BCUT2D eigenvalue weighted by atomic mass is 10.1. The van der Waals surface area contributed by atoms with Crippen molar-refractivity contribution in [2.45, 2.75) is 46.4 Å². The van der Waals surface area contributed by atoms with Crippen molar-refractivity contribution in [2.75, 3.05) is 0 Å². The van der Waals surface area contributed by atoms with Crippen molar-refractivity contribution in [2.24, 2.45) is 0 Å². The van der Waals surface area contributed by atoms with Crippen LogP contribution in [0.5, 0.6) is 5.75 Å². The molecule has 5 heteroatoms. The number of aliphatic hydroxyl groups excluding tert-OH is 1. The molecule has 2 aromatic rings. The van der Waals surface area contributed by atoms with E-state index < -0.39 is 6.10 Å². The summed E-state index contributed by atoms with van der Waals surface area (Å²) >= 11 is 6.28. The van der Waals surface area contributed by atoms with E-state index in [-0.39, 0.29) is 0 Å². The largest absolute Gasteiger partial charge is 0.487 e. The number of halogens is 1. The van der Waals surface area contributed by atoms with Crippen LogP contribution in [-0.4, -0.2) is 14.9 Å². The summed E-state index contributed by atoms with van der Waals surface area (Å²) in [5.41, 5.74) is 2.46. The van der Waals surface area contributed by atoms with Crippen LogP contribution in [0.3, 0.4) is 0 Å². The summed E-state index contributed by atoms with van der Waals surface area (Å²) < 4.78 is 7.72. The third kappa shape index (κ3) is 3.39. The third-order valence-corrected chi connectivity index (χ3v) is 3.97. The molecule has 1 unspecified atom stereocenters. The molecule has 0 aliphatic heterocycles. The van der Waals surface area contributed by atoms with E-state index in [1.807, 2.05) is 49.7 Å². The summed E-state index contributed by atoms with van der Waals surface area (Å²) in [6, 6.07) is 7.54. The van der Waals surface area contributed by atoms with E-state index in [1.54, 1.807) is 0 Å². The number of ether oxygens (including phenoxy) is 1. The molecule has 1 aromatic heterocycles. The second-order valence-corrected chi connectivity index (χ2v) is 5.29. The maximum absolute atomic E-state index is 10.0. The first-order chi connectivity index (χ1) is 10.1. The summed E-state index contributed by atoms with van der Waals surface area (Å²) in [4.78, 5) is 0. The van der Waals surface area contributed by atoms with Crippen molar-refractivity contribution < 1.29 is 9.84 Å². The number of hydrogen-bond donors (Lipinski definition) is 1. The van der Waals surface area contributed by atoms with Gasteiger partial charge in [0.05, 0.1) is 22.5 Å². The van der Waals surface area contributed by atoms with Gasteiger partial charge in [-0.1, -0.05) is 36.7 Å². The lowest BCUT2D eigenvalue weighted by molar-refractivity contribution is 0.166. The van der Waals surface area contributed by atoms with Gasteiger partial charge in [0.15, 0.2) is 0 Å². The van der Waals surface area contributed by atoms with Crippen LogP contribution in [0.25, 0.3) is 0 Å². The van der Waals surface area contributed by atoms with Crippen LogP contribution >= 0.6 is 11.6 Å². The highest BCUT2D eigenvalue weighted by molar-refractivity contribution is 6.31. The van der Waals surface area contributed by atoms with Gasteiger partial charge in [0, 0.05) is 12.1 Å². The van der Waals surface area contributed by atoms with Gasteiger partial charge in [-0.2, -0.15) is 5.10 Å². The van der Waals surface area contributed by atoms with Gasteiger partial charge in [0.25, 0.3) is 0 Å². The lowest BCUT2D eigenvalue weighted by Gasteiger charge is -2.15. The quantitative estimate of drug-likeness (QED) is 0.880. The first-order valence-electron chi connectivity index (χ1n) is 7.20. The minimum absolute atomic E-state index is 0.334. The summed E-state index contributed by atoms with van der Waals surface area (Å²) in [5, 5.41) is 15.1. The Hall–Kier alpha value is -1.52. The zero-order valence-electron chi connectivity index (χ0n) is 12.6. The summed E-state index contributed by atoms with van der Waals surface area (Å²) in [5.74, 6) is 0.685. The van der Waals surface area contributed by atoms with Gasteiger partial charge in [-0.25, -0.2) is 0 Å². The maximum atomic E-state index is 10.0. The molecule has 1 N–H and O–H groups in total. The normalized spacial score (nSPS) is 12.4. The standard InChI is InChI=1S/C16H21ClN2O2/c1-4-14(20)12-8-6-7-9-15(12)21-10-13-16(17)11(3)18-19(13)5-2/h6-9,14,20H,4-5,10H2,1-3H3. The minimum atomic E-state index is -0.519. The average Bonchev–Trinajstić information content (AvgIpc) is 2.79. The van der Waals surface area contributed by atoms with Crippen molar-refractivity contribution in [3.63, 3.8) is 0 Å². The van der Waals surface area contributed by atoms with Gasteiger partial charge in [-0.15, -0.1) is 0 Å². The average molecular weight is 309 g/mol. The number of hydrogen-bond acceptors (Lipinski definition) is 3. The zero-order chi connectivity index (χ0) is 15.4. The van der Waals surface area contributed by atoms with Gasteiger partial charge in [-0.3, -0.25) is 4.68 Å². The highest BCUT2D eigenvalue weighted by Gasteiger charge is 2.15. The van der Waals surface area contributed by atoms with Crippen molar-refractivity contribution in [3.05, 3.63) is 46.2 Å². The highest BCUT2D eigenvalue weighted by Crippen LogP contribution is 2.29. The van der Waals surface area contributed by atoms with Gasteiger partial charge in [-0.05, 0) is 26.3 Å². The summed E-state index contributed by atoms with van der Waals surface area (Å²) in [6.07, 6.45) is 0.127. The molecule has 21 heavy (non-hydrogen) atoms. The minimum Gasteiger partial charge on any atom is -0.487 e. The number of rotatable bonds is 6. The molecule has 0 amide bonds. The van der Waals surface area contributed by atoms with Crippen molar-refractivity contribution in [1.29, 1.82) is 0 Å². The Balaban J connectivity index is 2.21. The van der Waals surface area contributed by atoms with Crippen molar-refractivity contribution in [3.8, 4) is 5.75 Å². The number of aliphatic hydroxyl groups is 1. The van der Waals surface area contributed by atoms with Crippen molar-refractivity contribution >= 4 is 11.6 Å². The van der Waals surface area contributed by atoms with Crippen LogP contribution < -0.4 is 4.74 Å². The Kier molecular flexibility index (Phi) is 5.26. The topological polar surface area (TPSA) is 47.3 Å². The van der Waals surface area contributed by atoms with E-state index >= 15 is 0 Å². The highest BCUT2D eigenvalue weighted by atomic mass is 35.5. The molecule has 1 atom stereocenters. The molecule has 0 bridgehead atoms. The smallest absolute Gasteiger partial charge is 0.131 e. The molecule has 1 heterocycles. The first-order valence-corrected chi connectivity index (χ1v) is 7.57. The fourth-order valence-corrected chi connectivity index (χ4v) is 2.45. The van der Waals surface area contributed by atoms with E-state index in [0.717, 1.165) is 23.5 Å². The number of aromatic nitrogens is 2. The number of benzene rings is 1. The van der Waals surface area contributed by atoms with Crippen LogP contribution in [0, 0.1) is 6.92 Å². The second-order valence-electron chi connectivity index (χ2n) is 4.91. The Labute approximate surface area is 130 Å². The molecule has 0 aliphatic carbocycles. The van der Waals surface area contributed by atoms with Crippen LogP contribution in [0.15, 0.2) is 24.3 Å². The van der Waals surface area contributed by atoms with E-state index in [4.69, 9.17) is 16.3 Å². The molecule has 2 rings (SSSR count). The van der Waals surface area contributed by atoms with E-state index in [0.29, 0.717) is 23.8 Å². The summed E-state index contributed by atoms with van der Waals surface area (Å²) in [6.45, 7) is 6.91. The van der Waals surface area contributed by atoms with Gasteiger partial charge in [0.2, 0.25) is 0 Å². The Morgan fingerprint density at radius 1 is 1.33 bits per heavy atom. The number of nitrogens with zero attached hydrogens (tertiary/aromatic N) is 2. The Bertz CT molecular complexity index is 610. The molecule has 4 nitrogen and oxygen atoms in total. The van der Waals surface area contributed by atoms with Crippen LogP contribution in [0.4, 0.5) is 0 Å².